The van der Waals surface area contributed by atoms with Crippen molar-refractivity contribution >= 4 is 28.3 Å². The zero-order valence-electron chi connectivity index (χ0n) is 17.4. The van der Waals surface area contributed by atoms with Gasteiger partial charge in [0.1, 0.15) is 11.5 Å². The largest absolute Gasteiger partial charge is 0.396 e. The molecule has 9 nitrogen and oxygen atoms in total. The van der Waals surface area contributed by atoms with E-state index >= 15 is 0 Å². The number of pyridine rings is 2. The number of nitrogens with zero attached hydrogens (tertiary/aromatic N) is 7. The fourth-order valence-electron chi connectivity index (χ4n) is 3.90. The molecule has 1 aliphatic heterocycles. The van der Waals surface area contributed by atoms with Crippen molar-refractivity contribution in [3.63, 3.8) is 0 Å². The molecule has 1 saturated heterocycles. The van der Waals surface area contributed by atoms with E-state index in [2.05, 4.69) is 20.1 Å². The van der Waals surface area contributed by atoms with Crippen LogP contribution in [-0.4, -0.2) is 42.2 Å². The van der Waals surface area contributed by atoms with Crippen LogP contribution in [0.2, 0.25) is 0 Å². The highest BCUT2D eigenvalue weighted by atomic mass is 16.2. The van der Waals surface area contributed by atoms with Gasteiger partial charge < -0.3 is 5.73 Å². The molecule has 0 radical (unpaired) electrons. The van der Waals surface area contributed by atoms with Crippen LogP contribution < -0.4 is 10.6 Å². The smallest absolute Gasteiger partial charge is 0.228 e. The molecule has 1 aliphatic rings. The van der Waals surface area contributed by atoms with Gasteiger partial charge in [0, 0.05) is 30.7 Å². The van der Waals surface area contributed by atoms with Gasteiger partial charge in [0.05, 0.1) is 35.0 Å². The number of carbonyl (C=O) groups excluding carboxylic acids is 1. The first-order valence-electron chi connectivity index (χ1n) is 10.2. The quantitative estimate of drug-likeness (QED) is 0.548. The monoisotopic (exact) mass is 414 g/mol. The fourth-order valence-corrected chi connectivity index (χ4v) is 3.90. The number of amides is 1. The Balaban J connectivity index is 1.64. The van der Waals surface area contributed by atoms with Crippen molar-refractivity contribution in [2.24, 2.45) is 0 Å². The fraction of sp³-hybridized carbons (Fsp3) is 0.273. The van der Waals surface area contributed by atoms with E-state index in [0.29, 0.717) is 41.7 Å². The van der Waals surface area contributed by atoms with E-state index in [1.807, 2.05) is 26.0 Å². The van der Waals surface area contributed by atoms with E-state index < -0.39 is 0 Å². The lowest BCUT2D eigenvalue weighted by Gasteiger charge is -2.27. The number of hydrogen-bond donors (Lipinski definition) is 1. The Bertz CT molecular complexity index is 1310. The summed E-state index contributed by atoms with van der Waals surface area (Å²) in [6.45, 7) is 4.47. The number of nitrogens with two attached hydrogens (primary N) is 1. The normalized spacial score (nSPS) is 14.4. The minimum absolute atomic E-state index is 0.0902. The average Bonchev–Trinajstić information content (AvgIpc) is 3.18. The standard InChI is InChI=1S/C22H22N8O/c1-13-7-16(23)22(28-21(13)29-6-4-3-5-20(29)31)30-19-8-17(25-10-15(19)11-26-30)18-12-24-9-14(2)27-18/h7-12H,3-6,23H2,1-2H3. The van der Waals surface area contributed by atoms with Crippen molar-refractivity contribution in [1.29, 1.82) is 0 Å². The van der Waals surface area contributed by atoms with E-state index in [9.17, 15) is 4.79 Å². The Hall–Kier alpha value is -3.88. The van der Waals surface area contributed by atoms with E-state index in [4.69, 9.17) is 10.7 Å². The molecule has 31 heavy (non-hydrogen) atoms. The molecule has 5 heterocycles. The van der Waals surface area contributed by atoms with Crippen LogP contribution >= 0.6 is 0 Å². The Labute approximate surface area is 179 Å². The van der Waals surface area contributed by atoms with Gasteiger partial charge in [-0.15, -0.1) is 0 Å². The SMILES string of the molecule is Cc1cncc(-c2cc3c(cn2)cnn3-c2nc(N3CCCCC3=O)c(C)cc2N)n1. The highest BCUT2D eigenvalue weighted by Crippen LogP contribution is 2.30. The van der Waals surface area contributed by atoms with Crippen LogP contribution in [-0.2, 0) is 4.79 Å². The van der Waals surface area contributed by atoms with Crippen LogP contribution in [0.25, 0.3) is 28.1 Å². The maximum absolute atomic E-state index is 12.5. The molecule has 9 heteroatoms. The number of nitrogen functional groups attached to an aromatic ring is 1. The molecule has 156 valence electrons. The van der Waals surface area contributed by atoms with Gasteiger partial charge in [0.15, 0.2) is 5.82 Å². The summed E-state index contributed by atoms with van der Waals surface area (Å²) >= 11 is 0. The number of aromatic nitrogens is 6. The zero-order chi connectivity index (χ0) is 21.5. The number of fused-ring (bicyclic) bond motifs is 1. The number of anilines is 2. The Morgan fingerprint density at radius 1 is 0.968 bits per heavy atom. The minimum atomic E-state index is 0.0902. The average molecular weight is 414 g/mol. The number of piperidine rings is 1. The lowest BCUT2D eigenvalue weighted by molar-refractivity contribution is -0.119. The van der Waals surface area contributed by atoms with Crippen molar-refractivity contribution in [2.45, 2.75) is 33.1 Å². The maximum atomic E-state index is 12.5. The van der Waals surface area contributed by atoms with Crippen LogP contribution in [0, 0.1) is 13.8 Å². The first-order valence-corrected chi connectivity index (χ1v) is 10.2. The molecule has 0 saturated carbocycles. The molecule has 0 atom stereocenters. The molecule has 0 spiro atoms. The van der Waals surface area contributed by atoms with E-state index in [0.717, 1.165) is 35.0 Å². The molecule has 2 N–H and O–H groups in total. The second-order valence-electron chi connectivity index (χ2n) is 7.77. The van der Waals surface area contributed by atoms with Crippen LogP contribution in [0.3, 0.4) is 0 Å². The Morgan fingerprint density at radius 2 is 1.84 bits per heavy atom. The van der Waals surface area contributed by atoms with Crippen molar-refractivity contribution in [3.8, 4) is 17.2 Å². The maximum Gasteiger partial charge on any atom is 0.228 e. The number of carbonyl (C=O) groups is 1. The minimum Gasteiger partial charge on any atom is -0.396 e. The van der Waals surface area contributed by atoms with Crippen LogP contribution in [0.5, 0.6) is 0 Å². The second kappa shape index (κ2) is 7.42. The van der Waals surface area contributed by atoms with Crippen LogP contribution in [0.1, 0.15) is 30.5 Å². The first kappa shape index (κ1) is 19.1. The van der Waals surface area contributed by atoms with Crippen LogP contribution in [0.15, 0.2) is 36.9 Å². The topological polar surface area (TPSA) is 116 Å². The lowest BCUT2D eigenvalue weighted by atomic mass is 10.1. The van der Waals surface area contributed by atoms with E-state index in [1.165, 1.54) is 0 Å². The molecule has 0 aromatic carbocycles. The van der Waals surface area contributed by atoms with E-state index in [1.54, 1.807) is 34.4 Å². The summed E-state index contributed by atoms with van der Waals surface area (Å²) in [7, 11) is 0. The first-order chi connectivity index (χ1) is 15.0. The molecule has 4 aromatic heterocycles. The van der Waals surface area contributed by atoms with Gasteiger partial charge in [-0.3, -0.25) is 19.7 Å². The number of hydrogen-bond acceptors (Lipinski definition) is 7. The summed E-state index contributed by atoms with van der Waals surface area (Å²) in [5, 5.41) is 5.36. The third-order valence-electron chi connectivity index (χ3n) is 5.44. The summed E-state index contributed by atoms with van der Waals surface area (Å²) in [4.78, 5) is 32.2. The molecule has 5 rings (SSSR count). The molecule has 1 amide bonds. The predicted octanol–water partition coefficient (Wildman–Crippen LogP) is 2.99. The van der Waals surface area contributed by atoms with Gasteiger partial charge in [-0.1, -0.05) is 0 Å². The highest BCUT2D eigenvalue weighted by Gasteiger charge is 2.24. The van der Waals surface area contributed by atoms with Gasteiger partial charge in [0.2, 0.25) is 5.91 Å². The third kappa shape index (κ3) is 3.37. The van der Waals surface area contributed by atoms with Crippen molar-refractivity contribution < 1.29 is 4.79 Å². The Kier molecular flexibility index (Phi) is 4.58. The molecule has 1 fully saturated rings. The van der Waals surface area contributed by atoms with Crippen molar-refractivity contribution in [3.05, 3.63) is 48.2 Å². The van der Waals surface area contributed by atoms with E-state index in [-0.39, 0.29) is 5.91 Å². The molecule has 4 aromatic rings. The summed E-state index contributed by atoms with van der Waals surface area (Å²) < 4.78 is 1.69. The summed E-state index contributed by atoms with van der Waals surface area (Å²) in [6, 6.07) is 3.75. The molecular formula is C22H22N8O. The molecule has 0 bridgehead atoms. The highest BCUT2D eigenvalue weighted by molar-refractivity contribution is 5.94. The number of rotatable bonds is 3. The summed E-state index contributed by atoms with van der Waals surface area (Å²) in [5.41, 5.74) is 10.7. The predicted molar refractivity (Wildman–Crippen MR) is 118 cm³/mol. The van der Waals surface area contributed by atoms with Crippen molar-refractivity contribution in [2.75, 3.05) is 17.2 Å². The van der Waals surface area contributed by atoms with Crippen LogP contribution in [0.4, 0.5) is 11.5 Å². The van der Waals surface area contributed by atoms with Gasteiger partial charge in [-0.05, 0) is 44.4 Å². The molecular weight excluding hydrogens is 392 g/mol. The lowest BCUT2D eigenvalue weighted by Crippen LogP contribution is -2.36. The third-order valence-corrected chi connectivity index (χ3v) is 5.44. The van der Waals surface area contributed by atoms with Gasteiger partial charge in [0.25, 0.3) is 0 Å². The second-order valence-corrected chi connectivity index (χ2v) is 7.77. The van der Waals surface area contributed by atoms with Gasteiger partial charge in [-0.2, -0.15) is 5.10 Å². The summed E-state index contributed by atoms with van der Waals surface area (Å²) in [6.07, 6.45) is 9.27. The zero-order valence-corrected chi connectivity index (χ0v) is 17.4. The van der Waals surface area contributed by atoms with Crippen molar-refractivity contribution in [1.82, 2.24) is 29.7 Å². The van der Waals surface area contributed by atoms with Gasteiger partial charge in [-0.25, -0.2) is 14.6 Å². The van der Waals surface area contributed by atoms with Gasteiger partial charge >= 0.3 is 0 Å². The Morgan fingerprint density at radius 3 is 2.65 bits per heavy atom. The molecule has 0 aliphatic carbocycles. The molecule has 0 unspecified atom stereocenters. The number of aryl methyl sites for hydroxylation is 2. The summed E-state index contributed by atoms with van der Waals surface area (Å²) in [5.74, 6) is 1.21.